The lowest BCUT2D eigenvalue weighted by Crippen LogP contribution is -2.08. The normalized spacial score (nSPS) is 10.5. The van der Waals surface area contributed by atoms with Gasteiger partial charge in [-0.25, -0.2) is 0 Å². The number of anilines is 1. The fraction of sp³-hybridized carbons (Fsp3) is 0.208. The number of hydrogen-bond acceptors (Lipinski definition) is 8. The van der Waals surface area contributed by atoms with E-state index in [1.54, 1.807) is 24.3 Å². The second kappa shape index (κ2) is 10.3. The zero-order valence-corrected chi connectivity index (χ0v) is 19.6. The molecule has 0 atom stereocenters. The first-order chi connectivity index (χ1) is 15.7. The molecule has 0 fully saturated rings. The van der Waals surface area contributed by atoms with Gasteiger partial charge in [-0.05, 0) is 30.3 Å². The molecule has 3 aromatic carbocycles. The number of benzene rings is 3. The molecule has 0 aliphatic heterocycles. The molecule has 172 valence electrons. The van der Waals surface area contributed by atoms with Crippen molar-refractivity contribution >= 4 is 46.1 Å². The molecule has 3 aromatic rings. The van der Waals surface area contributed by atoms with Crippen molar-refractivity contribution in [2.75, 3.05) is 19.5 Å². The monoisotopic (exact) mass is 469 g/mol. The van der Waals surface area contributed by atoms with E-state index in [-0.39, 0.29) is 28.9 Å². The fourth-order valence-corrected chi connectivity index (χ4v) is 4.25. The number of nitrogens with one attached hydrogen (secondary N) is 1. The van der Waals surface area contributed by atoms with Gasteiger partial charge in [0.1, 0.15) is 0 Å². The molecular formula is C24H23NO7S. The minimum atomic E-state index is -0.545. The number of esters is 2. The average molecular weight is 470 g/mol. The highest BCUT2D eigenvalue weighted by Gasteiger charge is 2.27. The van der Waals surface area contributed by atoms with E-state index in [0.717, 1.165) is 9.79 Å². The van der Waals surface area contributed by atoms with Crippen LogP contribution in [-0.2, 0) is 14.4 Å². The van der Waals surface area contributed by atoms with E-state index in [4.69, 9.17) is 18.9 Å². The molecule has 0 saturated heterocycles. The third-order valence-electron chi connectivity index (χ3n) is 4.42. The molecule has 0 aliphatic carbocycles. The minimum Gasteiger partial charge on any atom is -0.490 e. The Bertz CT molecular complexity index is 1220. The van der Waals surface area contributed by atoms with Crippen LogP contribution in [0.3, 0.4) is 0 Å². The van der Waals surface area contributed by atoms with E-state index in [2.05, 4.69) is 5.32 Å². The largest absolute Gasteiger partial charge is 0.490 e. The number of rotatable bonds is 7. The predicted octanol–water partition coefficient (Wildman–Crippen LogP) is 4.82. The number of methoxy groups -OCH3 is 2. The highest BCUT2D eigenvalue weighted by Crippen LogP contribution is 2.53. The van der Waals surface area contributed by atoms with Gasteiger partial charge in [0.25, 0.3) is 0 Å². The van der Waals surface area contributed by atoms with Crippen molar-refractivity contribution in [1.82, 2.24) is 0 Å². The van der Waals surface area contributed by atoms with Crippen molar-refractivity contribution in [3.63, 3.8) is 0 Å². The summed E-state index contributed by atoms with van der Waals surface area (Å²) in [4.78, 5) is 36.6. The van der Waals surface area contributed by atoms with E-state index in [1.807, 2.05) is 18.2 Å². The van der Waals surface area contributed by atoms with Crippen LogP contribution >= 0.6 is 11.8 Å². The molecule has 0 heterocycles. The van der Waals surface area contributed by atoms with Crippen LogP contribution in [0.2, 0.25) is 0 Å². The van der Waals surface area contributed by atoms with Crippen LogP contribution in [0.5, 0.6) is 23.0 Å². The van der Waals surface area contributed by atoms with Crippen LogP contribution in [0.1, 0.15) is 20.8 Å². The van der Waals surface area contributed by atoms with Crippen LogP contribution in [0.15, 0.2) is 52.3 Å². The van der Waals surface area contributed by atoms with Crippen molar-refractivity contribution in [2.45, 2.75) is 30.6 Å². The number of hydrogen-bond donors (Lipinski definition) is 1. The van der Waals surface area contributed by atoms with Crippen molar-refractivity contribution in [2.24, 2.45) is 0 Å². The van der Waals surface area contributed by atoms with Gasteiger partial charge in [0.15, 0.2) is 11.5 Å². The van der Waals surface area contributed by atoms with Crippen LogP contribution in [0.25, 0.3) is 10.8 Å². The Kier molecular flexibility index (Phi) is 7.44. The lowest BCUT2D eigenvalue weighted by molar-refractivity contribution is -0.133. The fourth-order valence-electron chi connectivity index (χ4n) is 3.28. The molecule has 0 bridgehead atoms. The van der Waals surface area contributed by atoms with Gasteiger partial charge in [-0.2, -0.15) is 0 Å². The lowest BCUT2D eigenvalue weighted by atomic mass is 10.1. The zero-order chi connectivity index (χ0) is 24.1. The molecule has 0 aromatic heterocycles. The van der Waals surface area contributed by atoms with Gasteiger partial charge in [-0.1, -0.05) is 23.9 Å². The standard InChI is InChI=1S/C24H23NO7S/c1-13(26)25-16-9-11-17(12-10-16)33-19-8-6-7-18-20(19)22(32-15(3)28)24(30-5)23(29-4)21(18)31-14(2)27/h6-12H,1-5H3,(H,25,26). The third-order valence-corrected chi connectivity index (χ3v) is 5.49. The summed E-state index contributed by atoms with van der Waals surface area (Å²) in [5.74, 6) is -0.653. The molecular weight excluding hydrogens is 446 g/mol. The first kappa shape index (κ1) is 23.9. The molecule has 0 saturated carbocycles. The Morgan fingerprint density at radius 2 is 1.33 bits per heavy atom. The topological polar surface area (TPSA) is 100 Å². The first-order valence-corrected chi connectivity index (χ1v) is 10.7. The summed E-state index contributed by atoms with van der Waals surface area (Å²) in [7, 11) is 2.81. The highest BCUT2D eigenvalue weighted by atomic mass is 32.2. The van der Waals surface area contributed by atoms with Crippen molar-refractivity contribution in [1.29, 1.82) is 0 Å². The summed E-state index contributed by atoms with van der Waals surface area (Å²) in [6.45, 7) is 4.01. The maximum atomic E-state index is 11.9. The molecule has 9 heteroatoms. The molecule has 0 spiro atoms. The highest BCUT2D eigenvalue weighted by molar-refractivity contribution is 7.99. The van der Waals surface area contributed by atoms with Gasteiger partial charge in [-0.15, -0.1) is 0 Å². The minimum absolute atomic E-state index is 0.130. The molecule has 0 unspecified atom stereocenters. The van der Waals surface area contributed by atoms with Crippen LogP contribution in [0.4, 0.5) is 5.69 Å². The Morgan fingerprint density at radius 3 is 1.88 bits per heavy atom. The van der Waals surface area contributed by atoms with E-state index in [1.165, 1.54) is 46.8 Å². The first-order valence-electron chi connectivity index (χ1n) is 9.88. The molecule has 0 radical (unpaired) electrons. The second-order valence-corrected chi connectivity index (χ2v) is 8.01. The molecule has 1 N–H and O–H groups in total. The van der Waals surface area contributed by atoms with Crippen molar-refractivity contribution in [3.8, 4) is 23.0 Å². The van der Waals surface area contributed by atoms with Gasteiger partial charge < -0.3 is 24.3 Å². The number of carbonyl (C=O) groups is 3. The van der Waals surface area contributed by atoms with E-state index in [0.29, 0.717) is 16.5 Å². The summed E-state index contributed by atoms with van der Waals surface area (Å²) in [5, 5.41) is 3.76. The summed E-state index contributed by atoms with van der Waals surface area (Å²) < 4.78 is 22.0. The van der Waals surface area contributed by atoms with Gasteiger partial charge in [0.05, 0.1) is 14.2 Å². The predicted molar refractivity (Wildman–Crippen MR) is 125 cm³/mol. The molecule has 3 rings (SSSR count). The van der Waals surface area contributed by atoms with Gasteiger partial charge in [0, 0.05) is 47.0 Å². The Hall–Kier alpha value is -3.72. The summed E-state index contributed by atoms with van der Waals surface area (Å²) in [6.07, 6.45) is 0. The van der Waals surface area contributed by atoms with Crippen LogP contribution in [-0.4, -0.2) is 32.1 Å². The average Bonchev–Trinajstić information content (AvgIpc) is 2.75. The van der Waals surface area contributed by atoms with Crippen molar-refractivity contribution in [3.05, 3.63) is 42.5 Å². The smallest absolute Gasteiger partial charge is 0.308 e. The number of carbonyl (C=O) groups excluding carboxylic acids is 3. The summed E-state index contributed by atoms with van der Waals surface area (Å²) in [5.41, 5.74) is 0.675. The Labute approximate surface area is 195 Å². The lowest BCUT2D eigenvalue weighted by Gasteiger charge is -2.20. The SMILES string of the molecule is COc1c(OC)c(OC(C)=O)c2c(Sc3ccc(NC(C)=O)cc3)cccc2c1OC(C)=O. The molecule has 8 nitrogen and oxygen atoms in total. The Balaban J connectivity index is 2.24. The molecule has 0 aliphatic rings. The second-order valence-electron chi connectivity index (χ2n) is 6.90. The van der Waals surface area contributed by atoms with Gasteiger partial charge in [-0.3, -0.25) is 14.4 Å². The summed E-state index contributed by atoms with van der Waals surface area (Å²) in [6, 6.07) is 12.7. The van der Waals surface area contributed by atoms with E-state index < -0.39 is 11.9 Å². The van der Waals surface area contributed by atoms with E-state index in [9.17, 15) is 14.4 Å². The van der Waals surface area contributed by atoms with Crippen LogP contribution in [0, 0.1) is 0 Å². The number of amides is 1. The number of ether oxygens (including phenoxy) is 4. The van der Waals surface area contributed by atoms with Gasteiger partial charge in [0.2, 0.25) is 17.4 Å². The maximum Gasteiger partial charge on any atom is 0.308 e. The quantitative estimate of drug-likeness (QED) is 0.388. The summed E-state index contributed by atoms with van der Waals surface area (Å²) >= 11 is 1.41. The van der Waals surface area contributed by atoms with Gasteiger partial charge >= 0.3 is 11.9 Å². The van der Waals surface area contributed by atoms with Crippen molar-refractivity contribution < 1.29 is 33.3 Å². The zero-order valence-electron chi connectivity index (χ0n) is 18.8. The number of fused-ring (bicyclic) bond motifs is 1. The molecule has 33 heavy (non-hydrogen) atoms. The van der Waals surface area contributed by atoms with Crippen LogP contribution < -0.4 is 24.3 Å². The maximum absolute atomic E-state index is 11.9. The third kappa shape index (κ3) is 5.38. The Morgan fingerprint density at radius 1 is 0.758 bits per heavy atom. The van der Waals surface area contributed by atoms with E-state index >= 15 is 0 Å². The molecule has 1 amide bonds.